The number of aryl methyl sites for hydroxylation is 3. The molecule has 1 aromatic heterocycles. The predicted octanol–water partition coefficient (Wildman–Crippen LogP) is 6.25. The monoisotopic (exact) mass is 635 g/mol. The molecule has 0 aliphatic carbocycles. The van der Waals surface area contributed by atoms with Gasteiger partial charge in [-0.05, 0) is 92.8 Å². The van der Waals surface area contributed by atoms with Crippen LogP contribution in [0, 0.1) is 6.92 Å². The fraction of sp³-hybridized carbons (Fsp3) is 0.389. The first kappa shape index (κ1) is 35.0. The maximum absolute atomic E-state index is 12.4. The number of azo groups is 1. The lowest BCUT2D eigenvalue weighted by Crippen LogP contribution is -2.40. The van der Waals surface area contributed by atoms with E-state index < -0.39 is 6.04 Å². The summed E-state index contributed by atoms with van der Waals surface area (Å²) in [5.74, 6) is 0.798. The first-order valence-corrected chi connectivity index (χ1v) is 16.4. The summed E-state index contributed by atoms with van der Waals surface area (Å²) in [6.07, 6.45) is 7.57. The lowest BCUT2D eigenvalue weighted by molar-refractivity contribution is -0.123. The molecule has 0 saturated carbocycles. The number of rotatable bonds is 18. The smallest absolute Gasteiger partial charge is 0.237 e. The lowest BCUT2D eigenvalue weighted by atomic mass is 10.1. The maximum Gasteiger partial charge on any atom is 0.237 e. The average Bonchev–Trinajstić information content (AvgIpc) is 3.10. The summed E-state index contributed by atoms with van der Waals surface area (Å²) in [5.41, 5.74) is 12.0. The Morgan fingerprint density at radius 1 is 0.723 bits per heavy atom. The minimum Gasteiger partial charge on any atom is -0.356 e. The first-order valence-electron chi connectivity index (χ1n) is 16.4. The Morgan fingerprint density at radius 2 is 1.30 bits per heavy atom. The number of aromatic nitrogens is 4. The van der Waals surface area contributed by atoms with Gasteiger partial charge in [-0.2, -0.15) is 10.2 Å². The summed E-state index contributed by atoms with van der Waals surface area (Å²) in [4.78, 5) is 24.7. The summed E-state index contributed by atoms with van der Waals surface area (Å²) in [6.45, 7) is 4.87. The van der Waals surface area contributed by atoms with Crippen molar-refractivity contribution in [2.75, 3.05) is 6.54 Å². The molecule has 0 fully saturated rings. The van der Waals surface area contributed by atoms with Crippen molar-refractivity contribution < 1.29 is 9.59 Å². The minimum absolute atomic E-state index is 0.0330. The summed E-state index contributed by atoms with van der Waals surface area (Å²) < 4.78 is 0. The van der Waals surface area contributed by atoms with Crippen LogP contribution in [0.3, 0.4) is 0 Å². The van der Waals surface area contributed by atoms with Gasteiger partial charge in [0.25, 0.3) is 0 Å². The van der Waals surface area contributed by atoms with E-state index in [0.717, 1.165) is 60.2 Å². The molecule has 11 heteroatoms. The topological polar surface area (TPSA) is 160 Å². The third kappa shape index (κ3) is 12.4. The highest BCUT2D eigenvalue weighted by atomic mass is 16.2. The number of hydrogen-bond acceptors (Lipinski definition) is 9. The molecule has 1 heterocycles. The number of unbranched alkanes of at least 4 members (excludes halogenated alkanes) is 2. The Balaban J connectivity index is 1.04. The molecule has 4 aromatic rings. The van der Waals surface area contributed by atoms with Crippen molar-refractivity contribution in [2.24, 2.45) is 16.0 Å². The largest absolute Gasteiger partial charge is 0.356 e. The van der Waals surface area contributed by atoms with E-state index in [2.05, 4.69) is 60.3 Å². The fourth-order valence-electron chi connectivity index (χ4n) is 4.83. The van der Waals surface area contributed by atoms with E-state index in [1.165, 1.54) is 18.4 Å². The van der Waals surface area contributed by atoms with Gasteiger partial charge in [0.15, 0.2) is 5.82 Å². The van der Waals surface area contributed by atoms with E-state index in [4.69, 9.17) is 5.73 Å². The Bertz CT molecular complexity index is 1560. The third-order valence-corrected chi connectivity index (χ3v) is 7.70. The van der Waals surface area contributed by atoms with Crippen LogP contribution in [0.5, 0.6) is 0 Å². The molecule has 0 aliphatic heterocycles. The molecule has 0 saturated heterocycles. The van der Waals surface area contributed by atoms with Crippen LogP contribution >= 0.6 is 0 Å². The van der Waals surface area contributed by atoms with Crippen LogP contribution < -0.4 is 16.4 Å². The van der Waals surface area contributed by atoms with E-state index in [-0.39, 0.29) is 11.8 Å². The van der Waals surface area contributed by atoms with Crippen molar-refractivity contribution in [1.29, 1.82) is 0 Å². The second-order valence-electron chi connectivity index (χ2n) is 11.6. The quantitative estimate of drug-likeness (QED) is 0.0860. The van der Waals surface area contributed by atoms with Gasteiger partial charge >= 0.3 is 0 Å². The van der Waals surface area contributed by atoms with Gasteiger partial charge in [-0.3, -0.25) is 9.59 Å². The van der Waals surface area contributed by atoms with Gasteiger partial charge in [0.05, 0.1) is 17.4 Å². The Kier molecular flexibility index (Phi) is 14.1. The molecule has 246 valence electrons. The number of nitrogens with two attached hydrogens (primary N) is 1. The molecular weight excluding hydrogens is 590 g/mol. The fourth-order valence-corrected chi connectivity index (χ4v) is 4.83. The zero-order chi connectivity index (χ0) is 33.3. The molecule has 11 nitrogen and oxygen atoms in total. The van der Waals surface area contributed by atoms with Crippen molar-refractivity contribution in [3.63, 3.8) is 0 Å². The molecule has 2 amide bonds. The Morgan fingerprint density at radius 3 is 1.89 bits per heavy atom. The normalized spacial score (nSPS) is 11.8. The molecule has 0 spiro atoms. The van der Waals surface area contributed by atoms with Crippen molar-refractivity contribution in [1.82, 2.24) is 31.0 Å². The summed E-state index contributed by atoms with van der Waals surface area (Å²) in [5, 5.41) is 30.5. The number of carbonyl (C=O) groups excluding carboxylic acids is 2. The van der Waals surface area contributed by atoms with Crippen LogP contribution in [0.15, 0.2) is 83.0 Å². The van der Waals surface area contributed by atoms with Crippen molar-refractivity contribution in [3.8, 4) is 11.4 Å². The van der Waals surface area contributed by atoms with Crippen LogP contribution in [-0.4, -0.2) is 44.8 Å². The maximum atomic E-state index is 12.4. The summed E-state index contributed by atoms with van der Waals surface area (Å²) in [7, 11) is 0. The number of carbonyl (C=O) groups is 2. The molecule has 0 aliphatic rings. The van der Waals surface area contributed by atoms with E-state index in [1.54, 1.807) is 6.92 Å². The zero-order valence-corrected chi connectivity index (χ0v) is 27.4. The molecule has 4 rings (SSSR count). The van der Waals surface area contributed by atoms with Crippen LogP contribution in [0.2, 0.25) is 0 Å². The summed E-state index contributed by atoms with van der Waals surface area (Å²) >= 11 is 0. The zero-order valence-electron chi connectivity index (χ0n) is 27.4. The van der Waals surface area contributed by atoms with Gasteiger partial charge in [0.1, 0.15) is 0 Å². The lowest BCUT2D eigenvalue weighted by Gasteiger charge is -2.12. The second kappa shape index (κ2) is 18.9. The molecule has 3 aromatic carbocycles. The van der Waals surface area contributed by atoms with Crippen molar-refractivity contribution in [3.05, 3.63) is 95.3 Å². The van der Waals surface area contributed by atoms with Crippen LogP contribution in [0.1, 0.15) is 74.4 Å². The van der Waals surface area contributed by atoms with Crippen molar-refractivity contribution >= 4 is 23.2 Å². The number of hydrogen-bond donors (Lipinski definition) is 3. The van der Waals surface area contributed by atoms with Gasteiger partial charge in [-0.25, -0.2) is 0 Å². The van der Waals surface area contributed by atoms with Crippen molar-refractivity contribution in [2.45, 2.75) is 84.2 Å². The Labute approximate surface area is 276 Å². The van der Waals surface area contributed by atoms with Crippen LogP contribution in [-0.2, 0) is 29.0 Å². The highest BCUT2D eigenvalue weighted by Crippen LogP contribution is 2.20. The van der Waals surface area contributed by atoms with Gasteiger partial charge in [0.2, 0.25) is 17.6 Å². The molecule has 47 heavy (non-hydrogen) atoms. The highest BCUT2D eigenvalue weighted by Gasteiger charge is 2.13. The van der Waals surface area contributed by atoms with Gasteiger partial charge in [0, 0.05) is 25.1 Å². The number of amides is 2. The number of nitrogens with zero attached hydrogens (tertiary/aromatic N) is 6. The number of nitrogens with one attached hydrogen (secondary N) is 2. The number of benzene rings is 3. The highest BCUT2D eigenvalue weighted by molar-refractivity contribution is 5.81. The molecular formula is C36H45N9O2. The van der Waals surface area contributed by atoms with E-state index in [0.29, 0.717) is 37.6 Å². The standard InChI is InChI=1S/C36H45N9O2/c1-3-4-8-27-14-20-31(21-15-27)42-43-32-22-16-28(17-23-32)9-7-11-34(46)38-24-6-5-10-33(37)36(47)39-25-29-12-18-30(19-13-29)35-44-40-26(2)41-45-35/h12-23,33H,3-11,24-25,37H2,1-2H3,(H,38,46)(H,39,47). The second-order valence-corrected chi connectivity index (χ2v) is 11.6. The molecule has 4 N–H and O–H groups in total. The predicted molar refractivity (Wildman–Crippen MR) is 183 cm³/mol. The Hall–Kier alpha value is -4.90. The van der Waals surface area contributed by atoms with E-state index >= 15 is 0 Å². The molecule has 1 atom stereocenters. The molecule has 1 unspecified atom stereocenters. The minimum atomic E-state index is -0.599. The third-order valence-electron chi connectivity index (χ3n) is 7.70. The van der Waals surface area contributed by atoms with E-state index in [9.17, 15) is 9.59 Å². The van der Waals surface area contributed by atoms with Gasteiger partial charge < -0.3 is 16.4 Å². The molecule has 0 bridgehead atoms. The average molecular weight is 636 g/mol. The van der Waals surface area contributed by atoms with Gasteiger partial charge in [-0.1, -0.05) is 61.9 Å². The van der Waals surface area contributed by atoms with Crippen LogP contribution in [0.25, 0.3) is 11.4 Å². The summed E-state index contributed by atoms with van der Waals surface area (Å²) in [6, 6.07) is 23.1. The molecule has 0 radical (unpaired) electrons. The van der Waals surface area contributed by atoms with E-state index in [1.807, 2.05) is 60.7 Å². The first-order chi connectivity index (χ1) is 22.9. The SMILES string of the molecule is CCCCc1ccc(N=Nc2ccc(CCCC(=O)NCCCCC(N)C(=O)NCc3ccc(-c4nnc(C)nn4)cc3)cc2)cc1. The van der Waals surface area contributed by atoms with Crippen LogP contribution in [0.4, 0.5) is 11.4 Å². The van der Waals surface area contributed by atoms with Gasteiger partial charge in [-0.15, -0.1) is 20.4 Å².